The van der Waals surface area contributed by atoms with Crippen molar-refractivity contribution in [2.45, 2.75) is 5.92 Å². The molecule has 2 nitrogen and oxygen atoms in total. The van der Waals surface area contributed by atoms with Crippen LogP contribution >= 0.6 is 31.9 Å². The van der Waals surface area contributed by atoms with Crippen LogP contribution in [0.25, 0.3) is 0 Å². The molecule has 0 amide bonds. The molecule has 0 fully saturated rings. The summed E-state index contributed by atoms with van der Waals surface area (Å²) >= 11 is 6.45. The van der Waals surface area contributed by atoms with E-state index in [9.17, 15) is 14.4 Å². The number of hydrogen-bond donors (Lipinski definition) is 0. The second kappa shape index (κ2) is 6.29. The standard InChI is InChI=1S/C15H8Br2FNO/c16-10-3-1-9(2-4-10)13(8-19)15(20)12-6-5-11(18)7-14(12)17/h1-7,13H. The van der Waals surface area contributed by atoms with Gasteiger partial charge in [-0.25, -0.2) is 4.39 Å². The van der Waals surface area contributed by atoms with Crippen molar-refractivity contribution in [3.63, 3.8) is 0 Å². The fourth-order valence-electron chi connectivity index (χ4n) is 1.78. The Kier molecular flexibility index (Phi) is 4.69. The van der Waals surface area contributed by atoms with E-state index in [1.54, 1.807) is 24.3 Å². The van der Waals surface area contributed by atoms with Crippen molar-refractivity contribution >= 4 is 37.6 Å². The number of halogens is 3. The lowest BCUT2D eigenvalue weighted by Gasteiger charge is -2.10. The third kappa shape index (κ3) is 3.14. The fourth-order valence-corrected chi connectivity index (χ4v) is 2.60. The number of carbonyl (C=O) groups excluding carboxylic acids is 1. The summed E-state index contributed by atoms with van der Waals surface area (Å²) in [5.74, 6) is -1.71. The molecule has 0 aliphatic rings. The minimum atomic E-state index is -0.912. The van der Waals surface area contributed by atoms with E-state index in [0.29, 0.717) is 15.6 Å². The number of benzene rings is 2. The molecule has 100 valence electrons. The largest absolute Gasteiger partial charge is 0.292 e. The van der Waals surface area contributed by atoms with Gasteiger partial charge in [-0.1, -0.05) is 28.1 Å². The molecule has 2 aromatic carbocycles. The zero-order valence-electron chi connectivity index (χ0n) is 10.1. The highest BCUT2D eigenvalue weighted by atomic mass is 79.9. The molecule has 0 N–H and O–H groups in total. The summed E-state index contributed by atoms with van der Waals surface area (Å²) in [6.07, 6.45) is 0. The van der Waals surface area contributed by atoms with Gasteiger partial charge in [0.05, 0.1) is 6.07 Å². The maximum absolute atomic E-state index is 13.0. The topological polar surface area (TPSA) is 40.9 Å². The highest BCUT2D eigenvalue weighted by molar-refractivity contribution is 9.10. The van der Waals surface area contributed by atoms with Crippen LogP contribution in [0.1, 0.15) is 21.8 Å². The minimum absolute atomic E-state index is 0.292. The van der Waals surface area contributed by atoms with E-state index >= 15 is 0 Å². The van der Waals surface area contributed by atoms with Gasteiger partial charge >= 0.3 is 0 Å². The van der Waals surface area contributed by atoms with E-state index < -0.39 is 11.7 Å². The predicted octanol–water partition coefficient (Wildman–Crippen LogP) is 4.84. The molecule has 2 aromatic rings. The number of carbonyl (C=O) groups is 1. The van der Waals surface area contributed by atoms with E-state index in [1.165, 1.54) is 18.2 Å². The second-order valence-electron chi connectivity index (χ2n) is 4.10. The molecule has 2 rings (SSSR count). The van der Waals surface area contributed by atoms with Gasteiger partial charge in [-0.05, 0) is 51.8 Å². The first-order valence-electron chi connectivity index (χ1n) is 5.67. The average Bonchev–Trinajstić information content (AvgIpc) is 2.41. The summed E-state index contributed by atoms with van der Waals surface area (Å²) in [6, 6.07) is 12.8. The summed E-state index contributed by atoms with van der Waals surface area (Å²) in [4.78, 5) is 12.4. The van der Waals surface area contributed by atoms with Gasteiger partial charge in [0, 0.05) is 14.5 Å². The van der Waals surface area contributed by atoms with Gasteiger partial charge in [0.25, 0.3) is 0 Å². The summed E-state index contributed by atoms with van der Waals surface area (Å²) in [6.45, 7) is 0. The van der Waals surface area contributed by atoms with Crippen LogP contribution in [0.4, 0.5) is 4.39 Å². The monoisotopic (exact) mass is 395 g/mol. The molecule has 0 aliphatic carbocycles. The van der Waals surface area contributed by atoms with Gasteiger partial charge in [-0.2, -0.15) is 5.26 Å². The van der Waals surface area contributed by atoms with Crippen LogP contribution in [0.3, 0.4) is 0 Å². The third-order valence-corrected chi connectivity index (χ3v) is 3.98. The van der Waals surface area contributed by atoms with Crippen molar-refractivity contribution in [1.29, 1.82) is 5.26 Å². The Labute approximate surface area is 132 Å². The lowest BCUT2D eigenvalue weighted by atomic mass is 9.92. The number of rotatable bonds is 3. The van der Waals surface area contributed by atoms with Crippen LogP contribution in [0.15, 0.2) is 51.4 Å². The second-order valence-corrected chi connectivity index (χ2v) is 5.87. The smallest absolute Gasteiger partial charge is 0.185 e. The van der Waals surface area contributed by atoms with Gasteiger partial charge in [0.15, 0.2) is 5.78 Å². The molecule has 0 bridgehead atoms. The summed E-state index contributed by atoms with van der Waals surface area (Å²) < 4.78 is 14.3. The van der Waals surface area contributed by atoms with Crippen LogP contribution in [-0.2, 0) is 0 Å². The quantitative estimate of drug-likeness (QED) is 0.696. The van der Waals surface area contributed by atoms with Gasteiger partial charge in [-0.3, -0.25) is 4.79 Å². The van der Waals surface area contributed by atoms with Crippen molar-refractivity contribution in [2.75, 3.05) is 0 Å². The van der Waals surface area contributed by atoms with E-state index in [-0.39, 0.29) is 5.78 Å². The van der Waals surface area contributed by atoms with Crippen molar-refractivity contribution in [2.24, 2.45) is 0 Å². The molecule has 0 saturated heterocycles. The van der Waals surface area contributed by atoms with Crippen molar-refractivity contribution < 1.29 is 9.18 Å². The zero-order valence-corrected chi connectivity index (χ0v) is 13.3. The molecule has 0 heterocycles. The number of nitriles is 1. The molecule has 0 radical (unpaired) electrons. The number of hydrogen-bond acceptors (Lipinski definition) is 2. The van der Waals surface area contributed by atoms with Crippen LogP contribution < -0.4 is 0 Å². The summed E-state index contributed by atoms with van der Waals surface area (Å²) in [5, 5.41) is 9.25. The van der Waals surface area contributed by atoms with Crippen LogP contribution in [0.2, 0.25) is 0 Å². The molecule has 0 aliphatic heterocycles. The van der Waals surface area contributed by atoms with Crippen LogP contribution in [0.5, 0.6) is 0 Å². The minimum Gasteiger partial charge on any atom is -0.292 e. The first-order chi connectivity index (χ1) is 9.52. The Hall–Kier alpha value is -1.51. The SMILES string of the molecule is N#CC(C(=O)c1ccc(F)cc1Br)c1ccc(Br)cc1. The Morgan fingerprint density at radius 1 is 1.15 bits per heavy atom. The molecule has 0 spiro atoms. The molecule has 5 heteroatoms. The van der Waals surface area contributed by atoms with Crippen molar-refractivity contribution in [1.82, 2.24) is 0 Å². The molecular formula is C15H8Br2FNO. The van der Waals surface area contributed by atoms with Crippen LogP contribution in [0, 0.1) is 17.1 Å². The molecule has 20 heavy (non-hydrogen) atoms. The summed E-state index contributed by atoms with van der Waals surface area (Å²) in [7, 11) is 0. The van der Waals surface area contributed by atoms with Crippen molar-refractivity contribution in [3.05, 3.63) is 68.4 Å². The number of Topliss-reactive ketones (excluding diaryl/α,β-unsaturated/α-hetero) is 1. The summed E-state index contributed by atoms with van der Waals surface area (Å²) in [5.41, 5.74) is 0.901. The first-order valence-corrected chi connectivity index (χ1v) is 7.26. The average molecular weight is 397 g/mol. The lowest BCUT2D eigenvalue weighted by molar-refractivity contribution is 0.0978. The maximum atomic E-state index is 13.0. The highest BCUT2D eigenvalue weighted by Crippen LogP contribution is 2.26. The number of nitrogens with zero attached hydrogens (tertiary/aromatic N) is 1. The molecule has 1 unspecified atom stereocenters. The highest BCUT2D eigenvalue weighted by Gasteiger charge is 2.23. The van der Waals surface area contributed by atoms with E-state index in [4.69, 9.17) is 0 Å². The first kappa shape index (κ1) is 14.9. The maximum Gasteiger partial charge on any atom is 0.185 e. The lowest BCUT2D eigenvalue weighted by Crippen LogP contribution is -2.12. The Bertz CT molecular complexity index is 692. The fraction of sp³-hybridized carbons (Fsp3) is 0.0667. The van der Waals surface area contributed by atoms with E-state index in [2.05, 4.69) is 31.9 Å². The van der Waals surface area contributed by atoms with Gasteiger partial charge in [0.2, 0.25) is 0 Å². The Balaban J connectivity index is 2.39. The molecular weight excluding hydrogens is 389 g/mol. The molecule has 1 atom stereocenters. The zero-order chi connectivity index (χ0) is 14.7. The number of ketones is 1. The van der Waals surface area contributed by atoms with E-state index in [1.807, 2.05) is 6.07 Å². The van der Waals surface area contributed by atoms with Crippen molar-refractivity contribution in [3.8, 4) is 6.07 Å². The van der Waals surface area contributed by atoms with Crippen LogP contribution in [-0.4, -0.2) is 5.78 Å². The Morgan fingerprint density at radius 3 is 2.35 bits per heavy atom. The Morgan fingerprint density at radius 2 is 1.80 bits per heavy atom. The van der Waals surface area contributed by atoms with E-state index in [0.717, 1.165) is 4.47 Å². The normalized spacial score (nSPS) is 11.7. The van der Waals surface area contributed by atoms with Gasteiger partial charge in [-0.15, -0.1) is 0 Å². The van der Waals surface area contributed by atoms with Gasteiger partial charge in [0.1, 0.15) is 11.7 Å². The van der Waals surface area contributed by atoms with Gasteiger partial charge < -0.3 is 0 Å². The molecule has 0 aromatic heterocycles. The molecule has 0 saturated carbocycles. The predicted molar refractivity (Wildman–Crippen MR) is 80.9 cm³/mol. The third-order valence-electron chi connectivity index (χ3n) is 2.79.